The second kappa shape index (κ2) is 7.10. The van der Waals surface area contributed by atoms with E-state index in [9.17, 15) is 0 Å². The Morgan fingerprint density at radius 2 is 1.70 bits per heavy atom. The van der Waals surface area contributed by atoms with E-state index >= 15 is 0 Å². The van der Waals surface area contributed by atoms with E-state index in [0.717, 1.165) is 11.3 Å². The molecule has 0 aliphatic rings. The van der Waals surface area contributed by atoms with E-state index in [1.165, 1.54) is 6.20 Å². The van der Waals surface area contributed by atoms with E-state index in [4.69, 9.17) is 14.7 Å². The van der Waals surface area contributed by atoms with E-state index in [0.29, 0.717) is 23.8 Å². The van der Waals surface area contributed by atoms with E-state index in [2.05, 4.69) is 4.98 Å². The average Bonchev–Trinajstić information content (AvgIpc) is 2.62. The van der Waals surface area contributed by atoms with Gasteiger partial charge < -0.3 is 9.47 Å². The van der Waals surface area contributed by atoms with Gasteiger partial charge in [-0.25, -0.2) is 4.98 Å². The third kappa shape index (κ3) is 4.08. The average molecular weight is 302 g/mol. The first-order valence-electron chi connectivity index (χ1n) is 7.14. The van der Waals surface area contributed by atoms with Crippen molar-refractivity contribution in [3.8, 4) is 23.3 Å². The molecule has 0 unspecified atom stereocenters. The minimum absolute atomic E-state index is 0.359. The SMILES string of the molecule is N#Cc1ccc(Oc2cccc(OCc3ccccc3)c2)cn1. The molecule has 0 radical (unpaired) electrons. The van der Waals surface area contributed by atoms with Gasteiger partial charge in [0.05, 0.1) is 6.20 Å². The zero-order valence-corrected chi connectivity index (χ0v) is 12.3. The number of hydrogen-bond acceptors (Lipinski definition) is 4. The van der Waals surface area contributed by atoms with Crippen molar-refractivity contribution in [2.24, 2.45) is 0 Å². The lowest BCUT2D eigenvalue weighted by Gasteiger charge is -2.09. The molecule has 0 fully saturated rings. The van der Waals surface area contributed by atoms with Crippen molar-refractivity contribution in [2.75, 3.05) is 0 Å². The van der Waals surface area contributed by atoms with Crippen LogP contribution in [0.15, 0.2) is 72.9 Å². The first-order valence-corrected chi connectivity index (χ1v) is 7.14. The van der Waals surface area contributed by atoms with Crippen LogP contribution < -0.4 is 9.47 Å². The number of benzene rings is 2. The van der Waals surface area contributed by atoms with Crippen molar-refractivity contribution in [1.29, 1.82) is 5.26 Å². The molecule has 2 aromatic carbocycles. The number of rotatable bonds is 5. The molecular formula is C19H14N2O2. The highest BCUT2D eigenvalue weighted by atomic mass is 16.5. The highest BCUT2D eigenvalue weighted by Crippen LogP contribution is 2.25. The summed E-state index contributed by atoms with van der Waals surface area (Å²) in [5.41, 5.74) is 1.47. The minimum atomic E-state index is 0.359. The quantitative estimate of drug-likeness (QED) is 0.704. The summed E-state index contributed by atoms with van der Waals surface area (Å²) in [6.07, 6.45) is 1.52. The number of ether oxygens (including phenoxy) is 2. The number of nitriles is 1. The van der Waals surface area contributed by atoms with Crippen LogP contribution in [0.3, 0.4) is 0 Å². The van der Waals surface area contributed by atoms with Crippen LogP contribution in [-0.4, -0.2) is 4.98 Å². The van der Waals surface area contributed by atoms with Crippen LogP contribution in [0.4, 0.5) is 0 Å². The van der Waals surface area contributed by atoms with Crippen LogP contribution in [0.2, 0.25) is 0 Å². The van der Waals surface area contributed by atoms with Crippen molar-refractivity contribution < 1.29 is 9.47 Å². The monoisotopic (exact) mass is 302 g/mol. The molecule has 3 rings (SSSR count). The largest absolute Gasteiger partial charge is 0.489 e. The Kier molecular flexibility index (Phi) is 4.51. The van der Waals surface area contributed by atoms with Gasteiger partial charge in [0.25, 0.3) is 0 Å². The maximum atomic E-state index is 8.74. The summed E-state index contributed by atoms with van der Waals surface area (Å²) in [5, 5.41) is 8.74. The lowest BCUT2D eigenvalue weighted by Crippen LogP contribution is -1.95. The molecule has 0 atom stereocenters. The Morgan fingerprint density at radius 3 is 2.43 bits per heavy atom. The summed E-state index contributed by atoms with van der Waals surface area (Å²) in [6.45, 7) is 0.503. The fraction of sp³-hybridized carbons (Fsp3) is 0.0526. The maximum Gasteiger partial charge on any atom is 0.145 e. The molecule has 0 spiro atoms. The first-order chi connectivity index (χ1) is 11.3. The van der Waals surface area contributed by atoms with Gasteiger partial charge in [-0.3, -0.25) is 0 Å². The van der Waals surface area contributed by atoms with E-state index < -0.39 is 0 Å². The molecule has 0 amide bonds. The smallest absolute Gasteiger partial charge is 0.145 e. The van der Waals surface area contributed by atoms with E-state index in [1.54, 1.807) is 12.1 Å². The van der Waals surface area contributed by atoms with Crippen LogP contribution >= 0.6 is 0 Å². The molecule has 23 heavy (non-hydrogen) atoms. The van der Waals surface area contributed by atoms with Gasteiger partial charge in [0.15, 0.2) is 0 Å². The van der Waals surface area contributed by atoms with Gasteiger partial charge in [-0.1, -0.05) is 36.4 Å². The number of aromatic nitrogens is 1. The summed E-state index contributed by atoms with van der Waals surface area (Å²) in [5.74, 6) is 1.96. The van der Waals surface area contributed by atoms with Gasteiger partial charge in [-0.15, -0.1) is 0 Å². The van der Waals surface area contributed by atoms with Gasteiger partial charge in [0.2, 0.25) is 0 Å². The molecule has 0 aliphatic heterocycles. The molecule has 3 aromatic rings. The molecule has 0 N–H and O–H groups in total. The van der Waals surface area contributed by atoms with Gasteiger partial charge in [0, 0.05) is 6.07 Å². The van der Waals surface area contributed by atoms with Gasteiger partial charge >= 0.3 is 0 Å². The van der Waals surface area contributed by atoms with Gasteiger partial charge in [0.1, 0.15) is 35.6 Å². The fourth-order valence-electron chi connectivity index (χ4n) is 2.01. The van der Waals surface area contributed by atoms with E-state index in [-0.39, 0.29) is 0 Å². The summed E-state index contributed by atoms with van der Waals surface area (Å²) in [6, 6.07) is 22.7. The fourth-order valence-corrected chi connectivity index (χ4v) is 2.01. The standard InChI is InChI=1S/C19H14N2O2/c20-12-16-9-10-19(13-21-16)23-18-8-4-7-17(11-18)22-14-15-5-2-1-3-6-15/h1-11,13H,14H2. The van der Waals surface area contributed by atoms with Crippen molar-refractivity contribution in [3.05, 3.63) is 84.2 Å². The molecule has 4 heteroatoms. The molecule has 112 valence electrons. The molecule has 0 bridgehead atoms. The molecule has 0 saturated carbocycles. The van der Waals surface area contributed by atoms with E-state index in [1.807, 2.05) is 60.7 Å². The molecule has 1 heterocycles. The normalized spacial score (nSPS) is 9.87. The van der Waals surface area contributed by atoms with Crippen molar-refractivity contribution in [2.45, 2.75) is 6.61 Å². The predicted octanol–water partition coefficient (Wildman–Crippen LogP) is 4.32. The van der Waals surface area contributed by atoms with Gasteiger partial charge in [-0.05, 0) is 29.8 Å². The second-order valence-electron chi connectivity index (χ2n) is 4.84. The van der Waals surface area contributed by atoms with Crippen LogP contribution in [0, 0.1) is 11.3 Å². The first kappa shape index (κ1) is 14.6. The lowest BCUT2D eigenvalue weighted by molar-refractivity contribution is 0.304. The number of nitrogens with zero attached hydrogens (tertiary/aromatic N) is 2. The predicted molar refractivity (Wildman–Crippen MR) is 86.2 cm³/mol. The Labute approximate surface area is 134 Å². The molecule has 1 aromatic heterocycles. The molecule has 4 nitrogen and oxygen atoms in total. The van der Waals surface area contributed by atoms with Crippen LogP contribution in [-0.2, 0) is 6.61 Å². The molecular weight excluding hydrogens is 288 g/mol. The Morgan fingerprint density at radius 1 is 0.870 bits per heavy atom. The zero-order valence-electron chi connectivity index (χ0n) is 12.3. The lowest BCUT2D eigenvalue weighted by atomic mass is 10.2. The maximum absolute atomic E-state index is 8.74. The van der Waals surface area contributed by atoms with Crippen molar-refractivity contribution in [1.82, 2.24) is 4.98 Å². The molecule has 0 saturated heterocycles. The molecule has 0 aliphatic carbocycles. The summed E-state index contributed by atoms with van der Waals surface area (Å²) in [7, 11) is 0. The van der Waals surface area contributed by atoms with Gasteiger partial charge in [-0.2, -0.15) is 5.26 Å². The van der Waals surface area contributed by atoms with Crippen molar-refractivity contribution >= 4 is 0 Å². The Balaban J connectivity index is 1.66. The Hall–Kier alpha value is -3.32. The van der Waals surface area contributed by atoms with Crippen LogP contribution in [0.25, 0.3) is 0 Å². The highest BCUT2D eigenvalue weighted by Gasteiger charge is 2.02. The number of pyridine rings is 1. The minimum Gasteiger partial charge on any atom is -0.489 e. The topological polar surface area (TPSA) is 55.1 Å². The highest BCUT2D eigenvalue weighted by molar-refractivity contribution is 5.37. The Bertz CT molecular complexity index is 809. The van der Waals surface area contributed by atoms with Crippen LogP contribution in [0.1, 0.15) is 11.3 Å². The zero-order chi connectivity index (χ0) is 15.9. The van der Waals surface area contributed by atoms with Crippen LogP contribution in [0.5, 0.6) is 17.2 Å². The van der Waals surface area contributed by atoms with Crippen molar-refractivity contribution in [3.63, 3.8) is 0 Å². The third-order valence-corrected chi connectivity index (χ3v) is 3.14. The summed E-state index contributed by atoms with van der Waals surface area (Å²) in [4.78, 5) is 3.97. The number of hydrogen-bond donors (Lipinski definition) is 0. The third-order valence-electron chi connectivity index (χ3n) is 3.14. The second-order valence-corrected chi connectivity index (χ2v) is 4.84. The summed E-state index contributed by atoms with van der Waals surface area (Å²) < 4.78 is 11.5. The summed E-state index contributed by atoms with van der Waals surface area (Å²) >= 11 is 0.